The molecule has 0 saturated heterocycles. The molecule has 0 aliphatic heterocycles. The van der Waals surface area contributed by atoms with Crippen LogP contribution in [0, 0.1) is 0 Å². The van der Waals surface area contributed by atoms with Crippen molar-refractivity contribution in [2.45, 2.75) is 103 Å². The van der Waals surface area contributed by atoms with Crippen molar-refractivity contribution < 1.29 is 23.8 Å². The van der Waals surface area contributed by atoms with Gasteiger partial charge in [-0.2, -0.15) is 0 Å². The fourth-order valence-corrected chi connectivity index (χ4v) is 6.44. The highest BCUT2D eigenvalue weighted by Gasteiger charge is 2.09. The van der Waals surface area contributed by atoms with Gasteiger partial charge < -0.3 is 23.8 Å². The van der Waals surface area contributed by atoms with Gasteiger partial charge in [-0.25, -0.2) is 0 Å². The molecule has 1 unspecified atom stereocenters. The molecule has 0 aromatic rings. The molecule has 152 valence electrons. The van der Waals surface area contributed by atoms with Crippen molar-refractivity contribution in [3.8, 4) is 0 Å². The van der Waals surface area contributed by atoms with Crippen molar-refractivity contribution >= 4 is 15.0 Å². The first-order chi connectivity index (χ1) is 11.8. The standard InChI is InChI=1S/C18H40O5P2/c1-2-3-4-5-6-7-8-9-10-11-12-13-14-15-16-17-24(19,20)18-25(21,22)23/h2-18H2,1H3,(H,19,20)(H2,21,22,23)/p-3. The zero-order valence-electron chi connectivity index (χ0n) is 16.0. The summed E-state index contributed by atoms with van der Waals surface area (Å²) in [5, 5.41) is 0. The van der Waals surface area contributed by atoms with Crippen molar-refractivity contribution in [2.24, 2.45) is 0 Å². The predicted octanol–water partition coefficient (Wildman–Crippen LogP) is 4.37. The molecule has 0 spiro atoms. The molecule has 0 aliphatic rings. The van der Waals surface area contributed by atoms with Crippen molar-refractivity contribution in [1.29, 1.82) is 0 Å². The molecule has 0 aromatic carbocycles. The van der Waals surface area contributed by atoms with E-state index in [1.165, 1.54) is 70.6 Å². The van der Waals surface area contributed by atoms with Crippen LogP contribution < -0.4 is 14.7 Å². The van der Waals surface area contributed by atoms with Gasteiger partial charge in [0.25, 0.3) is 0 Å². The van der Waals surface area contributed by atoms with E-state index in [9.17, 15) is 23.8 Å². The second-order valence-corrected chi connectivity index (χ2v) is 11.7. The second kappa shape index (κ2) is 15.4. The van der Waals surface area contributed by atoms with Crippen LogP contribution in [0.4, 0.5) is 0 Å². The highest BCUT2D eigenvalue weighted by atomic mass is 31.2. The van der Waals surface area contributed by atoms with Gasteiger partial charge in [-0.05, 0) is 12.6 Å². The Hall–Kier alpha value is 0.340. The Kier molecular flexibility index (Phi) is 15.6. The van der Waals surface area contributed by atoms with Crippen LogP contribution in [0.5, 0.6) is 0 Å². The molecule has 0 aliphatic carbocycles. The summed E-state index contributed by atoms with van der Waals surface area (Å²) >= 11 is 0. The molecule has 0 amide bonds. The Labute approximate surface area is 154 Å². The number of rotatable bonds is 18. The quantitative estimate of drug-likeness (QED) is 0.253. The maximum Gasteiger partial charge on any atom is 0.0196 e. The summed E-state index contributed by atoms with van der Waals surface area (Å²) in [7, 11) is -8.99. The van der Waals surface area contributed by atoms with Gasteiger partial charge in [0.2, 0.25) is 0 Å². The van der Waals surface area contributed by atoms with Crippen LogP contribution in [0.15, 0.2) is 0 Å². The summed E-state index contributed by atoms with van der Waals surface area (Å²) in [6, 6.07) is 0. The van der Waals surface area contributed by atoms with Gasteiger partial charge in [0.1, 0.15) is 0 Å². The molecule has 0 radical (unpaired) electrons. The molecule has 0 fully saturated rings. The van der Waals surface area contributed by atoms with E-state index >= 15 is 0 Å². The van der Waals surface area contributed by atoms with E-state index < -0.39 is 20.9 Å². The minimum atomic E-state index is -4.95. The van der Waals surface area contributed by atoms with Crippen LogP contribution in [0.1, 0.15) is 103 Å². The summed E-state index contributed by atoms with van der Waals surface area (Å²) in [6.07, 6.45) is 17.7. The fraction of sp³-hybridized carbons (Fsp3) is 1.00. The molecule has 25 heavy (non-hydrogen) atoms. The van der Waals surface area contributed by atoms with Crippen LogP contribution in [-0.2, 0) is 9.13 Å². The van der Waals surface area contributed by atoms with Crippen LogP contribution in [0.25, 0.3) is 0 Å². The Morgan fingerprint density at radius 1 is 0.560 bits per heavy atom. The molecule has 0 bridgehead atoms. The van der Waals surface area contributed by atoms with E-state index in [4.69, 9.17) is 0 Å². The topological polar surface area (TPSA) is 103 Å². The van der Waals surface area contributed by atoms with Gasteiger partial charge in [0, 0.05) is 13.3 Å². The molecule has 0 heterocycles. The first kappa shape index (κ1) is 25.3. The Morgan fingerprint density at radius 3 is 1.20 bits per heavy atom. The third-order valence-corrected chi connectivity index (χ3v) is 8.60. The number of hydrogen-bond donors (Lipinski definition) is 0. The number of hydrogen-bond acceptors (Lipinski definition) is 5. The van der Waals surface area contributed by atoms with Crippen molar-refractivity contribution in [3.05, 3.63) is 0 Å². The molecule has 0 rings (SSSR count). The van der Waals surface area contributed by atoms with Crippen LogP contribution in [0.2, 0.25) is 0 Å². The Bertz CT molecular complexity index is 395. The monoisotopic (exact) mass is 395 g/mol. The molecular formula is C18H37O5P2-3. The first-order valence-electron chi connectivity index (χ1n) is 10.1. The first-order valence-corrected chi connectivity index (χ1v) is 13.8. The lowest BCUT2D eigenvalue weighted by molar-refractivity contribution is -0.312. The van der Waals surface area contributed by atoms with Crippen molar-refractivity contribution in [2.75, 3.05) is 12.1 Å². The Morgan fingerprint density at radius 2 is 0.880 bits per heavy atom. The molecule has 1 atom stereocenters. The molecule has 7 heteroatoms. The SMILES string of the molecule is CCCCCCCCCCCCCCCCCP(=O)([O-])CP(=O)([O-])[O-]. The fourth-order valence-electron chi connectivity index (χ4n) is 3.06. The minimum absolute atomic E-state index is 0.167. The van der Waals surface area contributed by atoms with Gasteiger partial charge in [-0.3, -0.25) is 0 Å². The minimum Gasteiger partial charge on any atom is -0.810 e. The zero-order chi connectivity index (χ0) is 19.0. The summed E-state index contributed by atoms with van der Waals surface area (Å²) in [5.74, 6) is -1.21. The highest BCUT2D eigenvalue weighted by molar-refractivity contribution is 7.70. The van der Waals surface area contributed by atoms with E-state index in [0.29, 0.717) is 6.42 Å². The van der Waals surface area contributed by atoms with Gasteiger partial charge >= 0.3 is 0 Å². The maximum absolute atomic E-state index is 11.4. The summed E-state index contributed by atoms with van der Waals surface area (Å²) in [5.41, 5.74) is 0. The lowest BCUT2D eigenvalue weighted by atomic mass is 10.0. The van der Waals surface area contributed by atoms with E-state index in [-0.39, 0.29) is 6.16 Å². The molecular weight excluding hydrogens is 358 g/mol. The predicted molar refractivity (Wildman–Crippen MR) is 99.9 cm³/mol. The second-order valence-electron chi connectivity index (χ2n) is 7.24. The molecule has 0 aromatic heterocycles. The Balaban J connectivity index is 3.29. The number of unbranched alkanes of at least 4 members (excludes halogenated alkanes) is 14. The van der Waals surface area contributed by atoms with Gasteiger partial charge in [0.05, 0.1) is 0 Å². The van der Waals surface area contributed by atoms with E-state index in [1.54, 1.807) is 0 Å². The largest absolute Gasteiger partial charge is 0.810 e. The van der Waals surface area contributed by atoms with E-state index in [2.05, 4.69) is 6.92 Å². The van der Waals surface area contributed by atoms with Crippen LogP contribution >= 0.6 is 15.0 Å². The van der Waals surface area contributed by atoms with Gasteiger partial charge in [-0.15, -0.1) is 0 Å². The van der Waals surface area contributed by atoms with Crippen molar-refractivity contribution in [1.82, 2.24) is 0 Å². The highest BCUT2D eigenvalue weighted by Crippen LogP contribution is 2.47. The lowest BCUT2D eigenvalue weighted by Gasteiger charge is -2.36. The van der Waals surface area contributed by atoms with E-state index in [0.717, 1.165) is 19.3 Å². The maximum atomic E-state index is 11.4. The average molecular weight is 395 g/mol. The average Bonchev–Trinajstić information content (AvgIpc) is 2.48. The molecule has 0 N–H and O–H groups in total. The van der Waals surface area contributed by atoms with Crippen molar-refractivity contribution in [3.63, 3.8) is 0 Å². The normalized spacial score (nSPS) is 14.6. The molecule has 0 saturated carbocycles. The van der Waals surface area contributed by atoms with Gasteiger partial charge in [-0.1, -0.05) is 104 Å². The molecule has 5 nitrogen and oxygen atoms in total. The third-order valence-electron chi connectivity index (χ3n) is 4.49. The van der Waals surface area contributed by atoms with E-state index in [1.807, 2.05) is 0 Å². The lowest BCUT2D eigenvalue weighted by Crippen LogP contribution is -2.21. The summed E-state index contributed by atoms with van der Waals surface area (Å²) < 4.78 is 21.9. The van der Waals surface area contributed by atoms with Gasteiger partial charge in [0.15, 0.2) is 0 Å². The van der Waals surface area contributed by atoms with Crippen LogP contribution in [0.3, 0.4) is 0 Å². The summed E-state index contributed by atoms with van der Waals surface area (Å²) in [6.45, 7) is 2.24. The zero-order valence-corrected chi connectivity index (χ0v) is 17.7. The van der Waals surface area contributed by atoms with Crippen LogP contribution in [-0.4, -0.2) is 12.1 Å². The summed E-state index contributed by atoms with van der Waals surface area (Å²) in [4.78, 5) is 32.5. The smallest absolute Gasteiger partial charge is 0.0196 e. The third kappa shape index (κ3) is 20.5.